The van der Waals surface area contributed by atoms with E-state index in [1.54, 1.807) is 18.2 Å². The van der Waals surface area contributed by atoms with Gasteiger partial charge in [0.2, 0.25) is 0 Å². The molecule has 2 aromatic carbocycles. The number of phenolic OH excluding ortho intramolecular Hbond substituents is 1. The predicted molar refractivity (Wildman–Crippen MR) is 110 cm³/mol. The third-order valence-corrected chi connectivity index (χ3v) is 5.27. The summed E-state index contributed by atoms with van der Waals surface area (Å²) in [6.07, 6.45) is 6.37. The highest BCUT2D eigenvalue weighted by atomic mass is 16.6. The molecular weight excluding hydrogens is 372 g/mol. The molecule has 0 spiro atoms. The van der Waals surface area contributed by atoms with E-state index in [0.29, 0.717) is 16.7 Å². The molecule has 1 aromatic heterocycles. The normalized spacial score (nSPS) is 15.2. The van der Waals surface area contributed by atoms with Crippen LogP contribution in [0.4, 0.5) is 5.69 Å². The van der Waals surface area contributed by atoms with Crippen LogP contribution in [0.15, 0.2) is 52.4 Å². The lowest BCUT2D eigenvalue weighted by Crippen LogP contribution is -2.25. The van der Waals surface area contributed by atoms with Crippen molar-refractivity contribution in [3.05, 3.63) is 74.3 Å². The fourth-order valence-electron chi connectivity index (χ4n) is 3.81. The van der Waals surface area contributed by atoms with Gasteiger partial charge in [-0.05, 0) is 37.1 Å². The van der Waals surface area contributed by atoms with Crippen LogP contribution in [0.5, 0.6) is 5.75 Å². The highest BCUT2D eigenvalue weighted by molar-refractivity contribution is 5.86. The zero-order valence-electron chi connectivity index (χ0n) is 15.7. The molecular formula is C21H20N4O4. The van der Waals surface area contributed by atoms with Crippen molar-refractivity contribution >= 4 is 22.8 Å². The van der Waals surface area contributed by atoms with Crippen molar-refractivity contribution in [2.24, 2.45) is 5.10 Å². The first-order chi connectivity index (χ1) is 14.0. The van der Waals surface area contributed by atoms with Gasteiger partial charge in [0.15, 0.2) is 0 Å². The van der Waals surface area contributed by atoms with Crippen molar-refractivity contribution in [1.82, 2.24) is 9.66 Å². The summed E-state index contributed by atoms with van der Waals surface area (Å²) in [6, 6.07) is 10.8. The Hall–Kier alpha value is -3.55. The lowest BCUT2D eigenvalue weighted by Gasteiger charge is -2.22. The van der Waals surface area contributed by atoms with Gasteiger partial charge < -0.3 is 5.11 Å². The van der Waals surface area contributed by atoms with Gasteiger partial charge in [0.05, 0.1) is 27.6 Å². The average Bonchev–Trinajstić information content (AvgIpc) is 2.73. The van der Waals surface area contributed by atoms with Crippen molar-refractivity contribution in [3.63, 3.8) is 0 Å². The summed E-state index contributed by atoms with van der Waals surface area (Å²) < 4.78 is 1.26. The first-order valence-electron chi connectivity index (χ1n) is 9.58. The second-order valence-electron chi connectivity index (χ2n) is 7.18. The van der Waals surface area contributed by atoms with Crippen molar-refractivity contribution in [2.45, 2.75) is 38.0 Å². The number of hydrogen-bond acceptors (Lipinski definition) is 6. The molecule has 4 rings (SSSR count). The minimum Gasteiger partial charge on any atom is -0.508 e. The monoisotopic (exact) mass is 392 g/mol. The molecule has 29 heavy (non-hydrogen) atoms. The molecule has 0 unspecified atom stereocenters. The molecule has 0 atom stereocenters. The Kier molecular flexibility index (Phi) is 5.07. The highest BCUT2D eigenvalue weighted by Crippen LogP contribution is 2.32. The summed E-state index contributed by atoms with van der Waals surface area (Å²) in [5.74, 6) is 0.568. The first-order valence-corrected chi connectivity index (χ1v) is 9.58. The summed E-state index contributed by atoms with van der Waals surface area (Å²) in [4.78, 5) is 28.6. The van der Waals surface area contributed by atoms with E-state index in [9.17, 15) is 20.0 Å². The zero-order valence-corrected chi connectivity index (χ0v) is 15.7. The number of aromatic nitrogens is 2. The minimum absolute atomic E-state index is 0.109. The van der Waals surface area contributed by atoms with E-state index < -0.39 is 4.92 Å². The molecule has 1 heterocycles. The summed E-state index contributed by atoms with van der Waals surface area (Å²) >= 11 is 0. The standard InChI is InChI=1S/C21H20N4O4/c26-16-10-11-19(25(28)29)15(12-16)13-22-24-20(14-6-2-1-3-7-14)23-18-9-5-4-8-17(18)21(24)27/h4-5,8-14,26H,1-3,6-7H2. The van der Waals surface area contributed by atoms with Gasteiger partial charge in [-0.3, -0.25) is 14.9 Å². The fraction of sp³-hybridized carbons (Fsp3) is 0.286. The van der Waals surface area contributed by atoms with Gasteiger partial charge in [0, 0.05) is 12.0 Å². The number of benzene rings is 2. The van der Waals surface area contributed by atoms with E-state index >= 15 is 0 Å². The Morgan fingerprint density at radius 1 is 1.17 bits per heavy atom. The second kappa shape index (κ2) is 7.83. The molecule has 0 bridgehead atoms. The summed E-state index contributed by atoms with van der Waals surface area (Å²) in [5, 5.41) is 25.7. The van der Waals surface area contributed by atoms with Crippen molar-refractivity contribution in [2.75, 3.05) is 0 Å². The topological polar surface area (TPSA) is 111 Å². The Labute approximate surface area is 166 Å². The smallest absolute Gasteiger partial charge is 0.282 e. The minimum atomic E-state index is -0.551. The molecule has 3 aromatic rings. The number of nitro benzene ring substituents is 1. The van der Waals surface area contributed by atoms with Gasteiger partial charge >= 0.3 is 0 Å². The Balaban J connectivity index is 1.87. The van der Waals surface area contributed by atoms with E-state index in [1.165, 1.54) is 29.1 Å². The molecule has 0 aliphatic heterocycles. The van der Waals surface area contributed by atoms with Gasteiger partial charge in [-0.2, -0.15) is 9.78 Å². The molecule has 1 aliphatic carbocycles. The highest BCUT2D eigenvalue weighted by Gasteiger charge is 2.22. The van der Waals surface area contributed by atoms with E-state index in [-0.39, 0.29) is 28.5 Å². The molecule has 0 saturated heterocycles. The fourth-order valence-corrected chi connectivity index (χ4v) is 3.81. The Bertz CT molecular complexity index is 1160. The van der Waals surface area contributed by atoms with E-state index in [0.717, 1.165) is 32.1 Å². The maximum absolute atomic E-state index is 13.1. The van der Waals surface area contributed by atoms with Crippen LogP contribution in [0.2, 0.25) is 0 Å². The average molecular weight is 392 g/mol. The molecule has 0 radical (unpaired) electrons. The van der Waals surface area contributed by atoms with Crippen molar-refractivity contribution in [1.29, 1.82) is 0 Å². The lowest BCUT2D eigenvalue weighted by atomic mass is 9.88. The largest absolute Gasteiger partial charge is 0.508 e. The number of nitro groups is 1. The molecule has 1 N–H and O–H groups in total. The lowest BCUT2D eigenvalue weighted by molar-refractivity contribution is -0.385. The van der Waals surface area contributed by atoms with E-state index in [1.807, 2.05) is 6.07 Å². The SMILES string of the molecule is O=c1c2ccccc2nc(C2CCCCC2)n1N=Cc1cc(O)ccc1[N+](=O)[O-]. The van der Waals surface area contributed by atoms with Crippen LogP contribution in [-0.2, 0) is 0 Å². The molecule has 1 fully saturated rings. The zero-order chi connectivity index (χ0) is 20.4. The maximum Gasteiger partial charge on any atom is 0.282 e. The van der Waals surface area contributed by atoms with Crippen LogP contribution in [0.3, 0.4) is 0 Å². The number of hydrogen-bond donors (Lipinski definition) is 1. The molecule has 8 heteroatoms. The van der Waals surface area contributed by atoms with Gasteiger partial charge in [-0.1, -0.05) is 31.4 Å². The van der Waals surface area contributed by atoms with Gasteiger partial charge in [0.1, 0.15) is 11.6 Å². The van der Waals surface area contributed by atoms with E-state index in [2.05, 4.69) is 5.10 Å². The third kappa shape index (κ3) is 3.73. The maximum atomic E-state index is 13.1. The Morgan fingerprint density at radius 2 is 1.93 bits per heavy atom. The van der Waals surface area contributed by atoms with Crippen LogP contribution in [-0.4, -0.2) is 25.9 Å². The molecule has 8 nitrogen and oxygen atoms in total. The van der Waals surface area contributed by atoms with E-state index in [4.69, 9.17) is 4.98 Å². The van der Waals surface area contributed by atoms with Gasteiger partial charge in [-0.25, -0.2) is 4.98 Å². The molecule has 1 aliphatic rings. The number of para-hydroxylation sites is 1. The first kappa shape index (κ1) is 18.8. The molecule has 1 saturated carbocycles. The summed E-state index contributed by atoms with van der Waals surface area (Å²) in [6.45, 7) is 0. The molecule has 148 valence electrons. The van der Waals surface area contributed by atoms with Gasteiger partial charge in [-0.15, -0.1) is 0 Å². The van der Waals surface area contributed by atoms with Crippen LogP contribution >= 0.6 is 0 Å². The summed E-state index contributed by atoms with van der Waals surface area (Å²) in [7, 11) is 0. The van der Waals surface area contributed by atoms with Crippen LogP contribution in [0.1, 0.15) is 49.4 Å². The second-order valence-corrected chi connectivity index (χ2v) is 7.18. The number of nitrogens with zero attached hydrogens (tertiary/aromatic N) is 4. The third-order valence-electron chi connectivity index (χ3n) is 5.27. The van der Waals surface area contributed by atoms with Crippen molar-refractivity contribution < 1.29 is 10.0 Å². The summed E-state index contributed by atoms with van der Waals surface area (Å²) in [5.41, 5.74) is 0.223. The predicted octanol–water partition coefficient (Wildman–Crippen LogP) is 3.94. The number of fused-ring (bicyclic) bond motifs is 1. The quantitative estimate of drug-likeness (QED) is 0.411. The number of aromatic hydroxyl groups is 1. The molecule has 0 amide bonds. The van der Waals surface area contributed by atoms with Crippen LogP contribution in [0.25, 0.3) is 10.9 Å². The van der Waals surface area contributed by atoms with Gasteiger partial charge in [0.25, 0.3) is 11.2 Å². The number of phenols is 1. The Morgan fingerprint density at radius 3 is 2.69 bits per heavy atom. The van der Waals surface area contributed by atoms with Crippen LogP contribution in [0, 0.1) is 10.1 Å². The van der Waals surface area contributed by atoms with Crippen LogP contribution < -0.4 is 5.56 Å². The number of rotatable bonds is 4. The van der Waals surface area contributed by atoms with Crippen molar-refractivity contribution in [3.8, 4) is 5.75 Å².